The van der Waals surface area contributed by atoms with E-state index in [1.807, 2.05) is 0 Å². The van der Waals surface area contributed by atoms with Gasteiger partial charge in [0.25, 0.3) is 0 Å². The van der Waals surface area contributed by atoms with Gasteiger partial charge in [-0.15, -0.1) is 0 Å². The molecule has 1 saturated heterocycles. The number of alkyl halides is 3. The highest BCUT2D eigenvalue weighted by molar-refractivity contribution is 7.91. The van der Waals surface area contributed by atoms with Crippen LogP contribution in [0.25, 0.3) is 11.1 Å². The highest BCUT2D eigenvalue weighted by atomic mass is 32.2. The molecule has 0 spiro atoms. The van der Waals surface area contributed by atoms with Crippen molar-refractivity contribution in [3.8, 4) is 16.9 Å². The Morgan fingerprint density at radius 2 is 1.69 bits per heavy atom. The van der Waals surface area contributed by atoms with Crippen LogP contribution in [0.1, 0.15) is 5.56 Å². The van der Waals surface area contributed by atoms with Gasteiger partial charge in [0.1, 0.15) is 18.5 Å². The van der Waals surface area contributed by atoms with E-state index in [1.165, 1.54) is 6.07 Å². The molecule has 9 heteroatoms. The minimum absolute atomic E-state index is 0.0129. The Morgan fingerprint density at radius 1 is 1.03 bits per heavy atom. The fraction of sp³-hybridized carbons (Fsp3) is 0.400. The topological polar surface area (TPSA) is 66.8 Å². The lowest BCUT2D eigenvalue weighted by Gasteiger charge is -2.28. The van der Waals surface area contributed by atoms with Crippen LogP contribution in [0.3, 0.4) is 0 Å². The number of sulfone groups is 1. The predicted octanol–water partition coefficient (Wildman–Crippen LogP) is 2.84. The van der Waals surface area contributed by atoms with Crippen molar-refractivity contribution >= 4 is 9.84 Å². The molecule has 29 heavy (non-hydrogen) atoms. The summed E-state index contributed by atoms with van der Waals surface area (Å²) in [5, 5.41) is 10.2. The summed E-state index contributed by atoms with van der Waals surface area (Å²) in [6, 6.07) is 12.1. The fourth-order valence-electron chi connectivity index (χ4n) is 3.12. The third-order valence-corrected chi connectivity index (χ3v) is 6.30. The number of halogens is 3. The van der Waals surface area contributed by atoms with Gasteiger partial charge in [-0.2, -0.15) is 13.2 Å². The average molecular weight is 429 g/mol. The molecule has 0 saturated carbocycles. The molecule has 0 aromatic heterocycles. The molecule has 158 valence electrons. The van der Waals surface area contributed by atoms with Gasteiger partial charge in [-0.1, -0.05) is 30.3 Å². The lowest BCUT2D eigenvalue weighted by atomic mass is 10.0. The molecular formula is C20H22F3NO4S. The first-order valence-corrected chi connectivity index (χ1v) is 11.0. The Labute approximate surface area is 167 Å². The van der Waals surface area contributed by atoms with Gasteiger partial charge in [0.15, 0.2) is 9.84 Å². The van der Waals surface area contributed by atoms with E-state index in [4.69, 9.17) is 4.74 Å². The maximum absolute atomic E-state index is 13.3. The van der Waals surface area contributed by atoms with Crippen LogP contribution in [0, 0.1) is 0 Å². The second-order valence-electron chi connectivity index (χ2n) is 7.03. The molecule has 0 aliphatic carbocycles. The van der Waals surface area contributed by atoms with Crippen molar-refractivity contribution in [3.05, 3.63) is 54.1 Å². The van der Waals surface area contributed by atoms with Crippen LogP contribution in [0.15, 0.2) is 48.5 Å². The van der Waals surface area contributed by atoms with E-state index in [2.05, 4.69) is 0 Å². The van der Waals surface area contributed by atoms with E-state index in [-0.39, 0.29) is 30.4 Å². The summed E-state index contributed by atoms with van der Waals surface area (Å²) >= 11 is 0. The molecular weight excluding hydrogens is 407 g/mol. The van der Waals surface area contributed by atoms with Crippen molar-refractivity contribution in [1.82, 2.24) is 4.90 Å². The summed E-state index contributed by atoms with van der Waals surface area (Å²) in [6.07, 6.45) is -5.48. The van der Waals surface area contributed by atoms with Gasteiger partial charge in [0, 0.05) is 19.6 Å². The zero-order valence-corrected chi connectivity index (χ0v) is 16.4. The van der Waals surface area contributed by atoms with Crippen LogP contribution in [0.2, 0.25) is 0 Å². The Kier molecular flexibility index (Phi) is 6.50. The third-order valence-electron chi connectivity index (χ3n) is 4.69. The molecule has 1 unspecified atom stereocenters. The zero-order chi connectivity index (χ0) is 21.1. The first-order valence-electron chi connectivity index (χ1n) is 9.14. The third kappa shape index (κ3) is 6.19. The molecule has 1 aliphatic heterocycles. The Bertz CT molecular complexity index is 918. The van der Waals surface area contributed by atoms with Crippen LogP contribution in [0.4, 0.5) is 13.2 Å². The summed E-state index contributed by atoms with van der Waals surface area (Å²) in [6.45, 7) is 0.640. The Hall–Kier alpha value is -2.10. The smallest absolute Gasteiger partial charge is 0.416 e. The molecule has 1 fully saturated rings. The molecule has 0 bridgehead atoms. The Morgan fingerprint density at radius 3 is 2.31 bits per heavy atom. The largest absolute Gasteiger partial charge is 0.491 e. The van der Waals surface area contributed by atoms with E-state index in [1.54, 1.807) is 35.2 Å². The van der Waals surface area contributed by atoms with Gasteiger partial charge in [0.05, 0.1) is 17.1 Å². The molecule has 0 radical (unpaired) electrons. The fourth-order valence-corrected chi connectivity index (χ4v) is 4.40. The van der Waals surface area contributed by atoms with E-state index >= 15 is 0 Å². The first kappa shape index (κ1) is 21.6. The summed E-state index contributed by atoms with van der Waals surface area (Å²) < 4.78 is 68.2. The quantitative estimate of drug-likeness (QED) is 0.765. The molecule has 2 aromatic rings. The normalized spacial score (nSPS) is 18.3. The summed E-state index contributed by atoms with van der Waals surface area (Å²) in [5.74, 6) is 0.0856. The number of hydrogen-bond acceptors (Lipinski definition) is 5. The number of β-amino-alcohol motifs (C(OH)–C–C–N with tert-alkyl or cyclic N) is 1. The number of rotatable bonds is 6. The van der Waals surface area contributed by atoms with Crippen molar-refractivity contribution in [2.45, 2.75) is 12.3 Å². The number of aliphatic hydroxyl groups excluding tert-OH is 1. The minimum atomic E-state index is -4.53. The number of ether oxygens (including phenoxy) is 1. The first-order chi connectivity index (χ1) is 13.6. The van der Waals surface area contributed by atoms with Crippen molar-refractivity contribution in [3.63, 3.8) is 0 Å². The van der Waals surface area contributed by atoms with Gasteiger partial charge in [0.2, 0.25) is 0 Å². The second-order valence-corrected chi connectivity index (χ2v) is 9.33. The SMILES string of the molecule is O=S1(=O)CCN(CC(O)COc2cc(-c3ccccc3)cc(C(F)(F)F)c2)CC1. The van der Waals surface area contributed by atoms with Crippen molar-refractivity contribution in [2.24, 2.45) is 0 Å². The zero-order valence-electron chi connectivity index (χ0n) is 15.6. The number of aliphatic hydroxyl groups is 1. The Balaban J connectivity index is 1.68. The maximum Gasteiger partial charge on any atom is 0.416 e. The lowest BCUT2D eigenvalue weighted by molar-refractivity contribution is -0.137. The number of nitrogens with zero attached hydrogens (tertiary/aromatic N) is 1. The summed E-state index contributed by atoms with van der Waals surface area (Å²) in [7, 11) is -3.02. The van der Waals surface area contributed by atoms with Crippen molar-refractivity contribution < 1.29 is 31.4 Å². The van der Waals surface area contributed by atoms with Crippen LogP contribution in [-0.4, -0.2) is 62.3 Å². The van der Waals surface area contributed by atoms with Crippen molar-refractivity contribution in [2.75, 3.05) is 37.7 Å². The van der Waals surface area contributed by atoms with Gasteiger partial charge in [-0.3, -0.25) is 4.90 Å². The molecule has 1 heterocycles. The number of benzene rings is 2. The molecule has 3 rings (SSSR count). The predicted molar refractivity (Wildman–Crippen MR) is 103 cm³/mol. The van der Waals surface area contributed by atoms with Gasteiger partial charge in [-0.05, 0) is 29.3 Å². The maximum atomic E-state index is 13.3. The standard InChI is InChI=1S/C20H22F3NO4S/c21-20(22,23)17-10-16(15-4-2-1-3-5-15)11-19(12-17)28-14-18(25)13-24-6-8-29(26,27)9-7-24/h1-5,10-12,18,25H,6-9,13-14H2. The van der Waals surface area contributed by atoms with Crippen LogP contribution >= 0.6 is 0 Å². The number of hydrogen-bond donors (Lipinski definition) is 1. The van der Waals surface area contributed by atoms with E-state index in [0.29, 0.717) is 24.2 Å². The molecule has 0 amide bonds. The molecule has 1 aliphatic rings. The van der Waals surface area contributed by atoms with Gasteiger partial charge in [-0.25, -0.2) is 8.42 Å². The van der Waals surface area contributed by atoms with E-state index < -0.39 is 27.7 Å². The van der Waals surface area contributed by atoms with E-state index in [9.17, 15) is 26.7 Å². The van der Waals surface area contributed by atoms with Crippen LogP contribution in [-0.2, 0) is 16.0 Å². The monoisotopic (exact) mass is 429 g/mol. The molecule has 2 aromatic carbocycles. The molecule has 1 atom stereocenters. The van der Waals surface area contributed by atoms with E-state index in [0.717, 1.165) is 12.1 Å². The van der Waals surface area contributed by atoms with Crippen molar-refractivity contribution in [1.29, 1.82) is 0 Å². The second kappa shape index (κ2) is 8.73. The van der Waals surface area contributed by atoms with Crippen LogP contribution in [0.5, 0.6) is 5.75 Å². The highest BCUT2D eigenvalue weighted by Crippen LogP contribution is 2.35. The lowest BCUT2D eigenvalue weighted by Crippen LogP contribution is -2.44. The highest BCUT2D eigenvalue weighted by Gasteiger charge is 2.31. The molecule has 5 nitrogen and oxygen atoms in total. The van der Waals surface area contributed by atoms with Gasteiger partial charge < -0.3 is 9.84 Å². The summed E-state index contributed by atoms with van der Waals surface area (Å²) in [5.41, 5.74) is 0.161. The summed E-state index contributed by atoms with van der Waals surface area (Å²) in [4.78, 5) is 1.80. The van der Waals surface area contributed by atoms with Gasteiger partial charge >= 0.3 is 6.18 Å². The minimum Gasteiger partial charge on any atom is -0.491 e. The average Bonchev–Trinajstić information content (AvgIpc) is 2.68. The van der Waals surface area contributed by atoms with Crippen LogP contribution < -0.4 is 4.74 Å². The molecule has 1 N–H and O–H groups in total.